The summed E-state index contributed by atoms with van der Waals surface area (Å²) in [5.41, 5.74) is 6.52. The third kappa shape index (κ3) is 4.39. The summed E-state index contributed by atoms with van der Waals surface area (Å²) in [5, 5.41) is 3.48. The molecule has 1 fully saturated rings. The maximum absolute atomic E-state index is 11.2. The van der Waals surface area contributed by atoms with E-state index in [1.54, 1.807) is 0 Å². The van der Waals surface area contributed by atoms with Gasteiger partial charge in [-0.25, -0.2) is 0 Å². The molecule has 2 aliphatic rings. The van der Waals surface area contributed by atoms with Crippen molar-refractivity contribution < 1.29 is 14.3 Å². The molecule has 3 N–H and O–H groups in total. The summed E-state index contributed by atoms with van der Waals surface area (Å²) in [6, 6.07) is 6.04. The fourth-order valence-corrected chi connectivity index (χ4v) is 3.37. The molecule has 1 aromatic rings. The van der Waals surface area contributed by atoms with Gasteiger partial charge in [-0.15, -0.1) is 0 Å². The number of primary amides is 1. The topological polar surface area (TPSA) is 76.8 Å². The molecule has 1 aromatic carbocycles. The molecule has 0 spiro atoms. The predicted octanol–water partition coefficient (Wildman–Crippen LogP) is 1.13. The van der Waals surface area contributed by atoms with E-state index in [0.717, 1.165) is 69.0 Å². The monoisotopic (exact) mass is 333 g/mol. The minimum Gasteiger partial charge on any atom is -0.486 e. The number of para-hydroxylation sites is 1. The van der Waals surface area contributed by atoms with Gasteiger partial charge in [0.05, 0.1) is 0 Å². The van der Waals surface area contributed by atoms with E-state index >= 15 is 0 Å². The maximum atomic E-state index is 11.2. The highest BCUT2D eigenvalue weighted by Crippen LogP contribution is 2.33. The molecular weight excluding hydrogens is 306 g/mol. The molecule has 0 radical (unpaired) electrons. The molecule has 1 amide bonds. The van der Waals surface area contributed by atoms with Crippen molar-refractivity contribution in [3.63, 3.8) is 0 Å². The van der Waals surface area contributed by atoms with Crippen LogP contribution in [-0.2, 0) is 11.3 Å². The average molecular weight is 333 g/mol. The number of hydrogen-bond donors (Lipinski definition) is 2. The van der Waals surface area contributed by atoms with Crippen molar-refractivity contribution in [1.29, 1.82) is 0 Å². The molecule has 0 aliphatic carbocycles. The lowest BCUT2D eigenvalue weighted by Gasteiger charge is -2.30. The normalized spacial score (nSPS) is 18.5. The molecule has 0 unspecified atom stereocenters. The number of piperidine rings is 1. The van der Waals surface area contributed by atoms with Crippen LogP contribution in [0.5, 0.6) is 11.5 Å². The number of amides is 1. The number of carbonyl (C=O) groups is 1. The van der Waals surface area contributed by atoms with E-state index in [1.165, 1.54) is 0 Å². The van der Waals surface area contributed by atoms with Gasteiger partial charge in [-0.05, 0) is 51.5 Å². The number of fused-ring (bicyclic) bond motifs is 1. The summed E-state index contributed by atoms with van der Waals surface area (Å²) in [4.78, 5) is 13.6. The summed E-state index contributed by atoms with van der Waals surface area (Å²) < 4.78 is 11.3. The minimum absolute atomic E-state index is 0.0749. The summed E-state index contributed by atoms with van der Waals surface area (Å²) in [5.74, 6) is 1.65. The van der Waals surface area contributed by atoms with Crippen LogP contribution >= 0.6 is 0 Å². The predicted molar refractivity (Wildman–Crippen MR) is 92.1 cm³/mol. The van der Waals surface area contributed by atoms with E-state index in [1.807, 2.05) is 12.1 Å². The first-order chi connectivity index (χ1) is 11.7. The molecule has 0 aromatic heterocycles. The molecular formula is C18H27N3O3. The van der Waals surface area contributed by atoms with Gasteiger partial charge >= 0.3 is 0 Å². The summed E-state index contributed by atoms with van der Waals surface area (Å²) >= 11 is 0. The van der Waals surface area contributed by atoms with E-state index in [-0.39, 0.29) is 11.8 Å². The van der Waals surface area contributed by atoms with Crippen molar-refractivity contribution in [2.24, 2.45) is 11.7 Å². The van der Waals surface area contributed by atoms with E-state index in [0.29, 0.717) is 13.2 Å². The average Bonchev–Trinajstić information content (AvgIpc) is 2.62. The maximum Gasteiger partial charge on any atom is 0.220 e. The van der Waals surface area contributed by atoms with Gasteiger partial charge in [-0.1, -0.05) is 12.1 Å². The number of carbonyl (C=O) groups excluding carboxylic acids is 1. The summed E-state index contributed by atoms with van der Waals surface area (Å²) in [7, 11) is 0. The number of hydrogen-bond acceptors (Lipinski definition) is 5. The Morgan fingerprint density at radius 3 is 2.83 bits per heavy atom. The second-order valence-electron chi connectivity index (χ2n) is 6.49. The number of ether oxygens (including phenoxy) is 2. The zero-order chi connectivity index (χ0) is 16.8. The molecule has 1 saturated heterocycles. The van der Waals surface area contributed by atoms with E-state index in [4.69, 9.17) is 15.2 Å². The molecule has 6 heteroatoms. The molecule has 0 bridgehead atoms. The number of nitrogens with one attached hydrogen (secondary N) is 1. The Morgan fingerprint density at radius 2 is 2.04 bits per heavy atom. The Bertz CT molecular complexity index is 556. The minimum atomic E-state index is -0.145. The number of rotatable bonds is 7. The van der Waals surface area contributed by atoms with Gasteiger partial charge < -0.3 is 25.4 Å². The van der Waals surface area contributed by atoms with Crippen LogP contribution in [0.25, 0.3) is 0 Å². The lowest BCUT2D eigenvalue weighted by molar-refractivity contribution is -0.123. The van der Waals surface area contributed by atoms with Crippen LogP contribution in [0.2, 0.25) is 0 Å². The fraction of sp³-hybridized carbons (Fsp3) is 0.611. The second kappa shape index (κ2) is 8.35. The third-order valence-corrected chi connectivity index (χ3v) is 4.78. The quantitative estimate of drug-likeness (QED) is 0.732. The van der Waals surface area contributed by atoms with E-state index in [2.05, 4.69) is 16.3 Å². The van der Waals surface area contributed by atoms with Gasteiger partial charge in [0.2, 0.25) is 5.91 Å². The molecule has 2 heterocycles. The summed E-state index contributed by atoms with van der Waals surface area (Å²) in [6.07, 6.45) is 2.89. The lowest BCUT2D eigenvalue weighted by atomic mass is 9.96. The molecule has 24 heavy (non-hydrogen) atoms. The molecule has 0 atom stereocenters. The highest BCUT2D eigenvalue weighted by molar-refractivity contribution is 5.76. The molecule has 0 saturated carbocycles. The Balaban J connectivity index is 1.34. The van der Waals surface area contributed by atoms with Gasteiger partial charge in [0.25, 0.3) is 0 Å². The third-order valence-electron chi connectivity index (χ3n) is 4.78. The van der Waals surface area contributed by atoms with Crippen LogP contribution in [0.3, 0.4) is 0 Å². The zero-order valence-electron chi connectivity index (χ0n) is 14.1. The van der Waals surface area contributed by atoms with Crippen molar-refractivity contribution >= 4 is 5.91 Å². The molecule has 6 nitrogen and oxygen atoms in total. The van der Waals surface area contributed by atoms with Gasteiger partial charge in [-0.2, -0.15) is 0 Å². The van der Waals surface area contributed by atoms with Gasteiger partial charge in [0.15, 0.2) is 11.5 Å². The van der Waals surface area contributed by atoms with E-state index < -0.39 is 0 Å². The van der Waals surface area contributed by atoms with Crippen molar-refractivity contribution in [2.75, 3.05) is 39.4 Å². The van der Waals surface area contributed by atoms with Gasteiger partial charge in [0, 0.05) is 18.0 Å². The molecule has 3 rings (SSSR count). The zero-order valence-corrected chi connectivity index (χ0v) is 14.1. The SMILES string of the molecule is NC(=O)C1CCN(CCCNCc2cccc3c2OCCO3)CC1. The van der Waals surface area contributed by atoms with Crippen LogP contribution in [0, 0.1) is 5.92 Å². The van der Waals surface area contributed by atoms with Crippen LogP contribution in [0.4, 0.5) is 0 Å². The van der Waals surface area contributed by atoms with Crippen molar-refractivity contribution in [3.8, 4) is 11.5 Å². The number of benzene rings is 1. The Hall–Kier alpha value is -1.79. The molecule has 2 aliphatic heterocycles. The van der Waals surface area contributed by atoms with Crippen LogP contribution in [0.15, 0.2) is 18.2 Å². The van der Waals surface area contributed by atoms with Crippen molar-refractivity contribution in [2.45, 2.75) is 25.8 Å². The van der Waals surface area contributed by atoms with E-state index in [9.17, 15) is 4.79 Å². The second-order valence-corrected chi connectivity index (χ2v) is 6.49. The van der Waals surface area contributed by atoms with Crippen LogP contribution in [0.1, 0.15) is 24.8 Å². The highest BCUT2D eigenvalue weighted by atomic mass is 16.6. The standard InChI is InChI=1S/C18H27N3O3/c19-18(22)14-5-9-21(10-6-14)8-2-7-20-13-15-3-1-4-16-17(15)24-12-11-23-16/h1,3-4,14,20H,2,5-13H2,(H2,19,22). The first-order valence-corrected chi connectivity index (χ1v) is 8.84. The molecule has 132 valence electrons. The number of nitrogens with two attached hydrogens (primary N) is 1. The smallest absolute Gasteiger partial charge is 0.220 e. The highest BCUT2D eigenvalue weighted by Gasteiger charge is 2.22. The first kappa shape index (κ1) is 17.0. The van der Waals surface area contributed by atoms with Crippen molar-refractivity contribution in [1.82, 2.24) is 10.2 Å². The Morgan fingerprint density at radius 1 is 1.25 bits per heavy atom. The van der Waals surface area contributed by atoms with Crippen LogP contribution in [-0.4, -0.2) is 50.2 Å². The van der Waals surface area contributed by atoms with Gasteiger partial charge in [0.1, 0.15) is 13.2 Å². The number of likely N-dealkylation sites (tertiary alicyclic amines) is 1. The van der Waals surface area contributed by atoms with Crippen LogP contribution < -0.4 is 20.5 Å². The number of nitrogens with zero attached hydrogens (tertiary/aromatic N) is 1. The lowest BCUT2D eigenvalue weighted by Crippen LogP contribution is -2.39. The largest absolute Gasteiger partial charge is 0.486 e. The Kier molecular flexibility index (Phi) is 5.93. The Labute approximate surface area is 143 Å². The fourth-order valence-electron chi connectivity index (χ4n) is 3.37. The first-order valence-electron chi connectivity index (χ1n) is 8.84. The summed E-state index contributed by atoms with van der Waals surface area (Å²) in [6.45, 7) is 6.00. The van der Waals surface area contributed by atoms with Crippen molar-refractivity contribution in [3.05, 3.63) is 23.8 Å². The van der Waals surface area contributed by atoms with Gasteiger partial charge in [-0.3, -0.25) is 4.79 Å².